The van der Waals surface area contributed by atoms with E-state index in [0.717, 1.165) is 5.56 Å². The van der Waals surface area contributed by atoms with Gasteiger partial charge in [0.2, 0.25) is 0 Å². The number of methoxy groups -OCH3 is 1. The van der Waals surface area contributed by atoms with Crippen molar-refractivity contribution in [2.45, 2.75) is 6.42 Å². The lowest BCUT2D eigenvalue weighted by Gasteiger charge is -2.05. The topological polar surface area (TPSA) is 52.3 Å². The van der Waals surface area contributed by atoms with Gasteiger partial charge in [0.25, 0.3) is 0 Å². The van der Waals surface area contributed by atoms with Crippen LogP contribution >= 0.6 is 0 Å². The molecule has 0 aliphatic carbocycles. The fourth-order valence-electron chi connectivity index (χ4n) is 1.45. The standard InChI is InChI=1S/C12H11NO3/c1-15-12-7-13-4-2-10(12)11(14)6-9-3-5-16-8-9/h2-5,7-8H,6H2,1H3. The normalized spacial score (nSPS) is 10.1. The number of hydrogen-bond acceptors (Lipinski definition) is 4. The van der Waals surface area contributed by atoms with Crippen LogP contribution in [0.25, 0.3) is 0 Å². The molecule has 0 saturated carbocycles. The highest BCUT2D eigenvalue weighted by Gasteiger charge is 2.12. The Kier molecular flexibility index (Phi) is 3.00. The largest absolute Gasteiger partial charge is 0.494 e. The molecule has 0 aromatic carbocycles. The van der Waals surface area contributed by atoms with E-state index in [0.29, 0.717) is 17.7 Å². The van der Waals surface area contributed by atoms with E-state index in [1.165, 1.54) is 13.3 Å². The van der Waals surface area contributed by atoms with Crippen molar-refractivity contribution in [1.29, 1.82) is 0 Å². The smallest absolute Gasteiger partial charge is 0.171 e. The van der Waals surface area contributed by atoms with Gasteiger partial charge in [-0.3, -0.25) is 9.78 Å². The van der Waals surface area contributed by atoms with Crippen LogP contribution in [0.2, 0.25) is 0 Å². The number of nitrogens with zero attached hydrogens (tertiary/aromatic N) is 1. The highest BCUT2D eigenvalue weighted by atomic mass is 16.5. The number of ether oxygens (including phenoxy) is 1. The molecule has 16 heavy (non-hydrogen) atoms. The molecule has 0 N–H and O–H groups in total. The first-order chi connectivity index (χ1) is 7.81. The molecule has 2 heterocycles. The SMILES string of the molecule is COc1cnccc1C(=O)Cc1ccoc1. The van der Waals surface area contributed by atoms with Crippen LogP contribution in [0.4, 0.5) is 0 Å². The van der Waals surface area contributed by atoms with Crippen LogP contribution in [-0.2, 0) is 6.42 Å². The van der Waals surface area contributed by atoms with Crippen LogP contribution in [0.1, 0.15) is 15.9 Å². The summed E-state index contributed by atoms with van der Waals surface area (Å²) in [7, 11) is 1.52. The quantitative estimate of drug-likeness (QED) is 0.736. The van der Waals surface area contributed by atoms with E-state index < -0.39 is 0 Å². The highest BCUT2D eigenvalue weighted by molar-refractivity contribution is 5.99. The minimum absolute atomic E-state index is 0.0133. The van der Waals surface area contributed by atoms with Crippen molar-refractivity contribution in [3.05, 3.63) is 48.2 Å². The predicted octanol–water partition coefficient (Wildman–Crippen LogP) is 2.11. The maximum absolute atomic E-state index is 11.9. The Hall–Kier alpha value is -2.10. The van der Waals surface area contributed by atoms with Gasteiger partial charge in [-0.15, -0.1) is 0 Å². The second kappa shape index (κ2) is 4.61. The van der Waals surface area contributed by atoms with E-state index in [9.17, 15) is 4.79 Å². The van der Waals surface area contributed by atoms with E-state index in [1.54, 1.807) is 30.9 Å². The number of aromatic nitrogens is 1. The fraction of sp³-hybridized carbons (Fsp3) is 0.167. The third kappa shape index (κ3) is 2.11. The maximum atomic E-state index is 11.9. The Balaban J connectivity index is 2.21. The van der Waals surface area contributed by atoms with Crippen molar-refractivity contribution in [3.63, 3.8) is 0 Å². The van der Waals surface area contributed by atoms with Gasteiger partial charge in [-0.25, -0.2) is 0 Å². The minimum atomic E-state index is -0.0133. The Morgan fingerprint density at radius 2 is 2.38 bits per heavy atom. The molecule has 82 valence electrons. The fourth-order valence-corrected chi connectivity index (χ4v) is 1.45. The van der Waals surface area contributed by atoms with Crippen LogP contribution in [0.3, 0.4) is 0 Å². The molecule has 4 heteroatoms. The molecule has 0 aliphatic heterocycles. The average Bonchev–Trinajstić information content (AvgIpc) is 2.81. The van der Waals surface area contributed by atoms with E-state index in [4.69, 9.17) is 9.15 Å². The van der Waals surface area contributed by atoms with Gasteiger partial charge in [0.1, 0.15) is 5.75 Å². The number of carbonyl (C=O) groups is 1. The first-order valence-electron chi connectivity index (χ1n) is 4.83. The maximum Gasteiger partial charge on any atom is 0.171 e. The van der Waals surface area contributed by atoms with Crippen LogP contribution in [0.15, 0.2) is 41.5 Å². The van der Waals surface area contributed by atoms with Gasteiger partial charge >= 0.3 is 0 Å². The van der Waals surface area contributed by atoms with E-state index in [-0.39, 0.29) is 5.78 Å². The molecule has 2 aromatic rings. The molecule has 0 aliphatic rings. The first-order valence-corrected chi connectivity index (χ1v) is 4.83. The zero-order valence-electron chi connectivity index (χ0n) is 8.84. The van der Waals surface area contributed by atoms with Crippen molar-refractivity contribution in [1.82, 2.24) is 4.98 Å². The van der Waals surface area contributed by atoms with Gasteiger partial charge in [-0.2, -0.15) is 0 Å². The number of furan rings is 1. The second-order valence-electron chi connectivity index (χ2n) is 3.31. The third-order valence-corrected chi connectivity index (χ3v) is 2.25. The van der Waals surface area contributed by atoms with Gasteiger partial charge < -0.3 is 9.15 Å². The molecule has 2 aromatic heterocycles. The molecule has 0 amide bonds. The van der Waals surface area contributed by atoms with Crippen LogP contribution in [0.5, 0.6) is 5.75 Å². The monoisotopic (exact) mass is 217 g/mol. The van der Waals surface area contributed by atoms with E-state index in [1.807, 2.05) is 0 Å². The van der Waals surface area contributed by atoms with Crippen LogP contribution < -0.4 is 4.74 Å². The van der Waals surface area contributed by atoms with Crippen molar-refractivity contribution in [2.75, 3.05) is 7.11 Å². The lowest BCUT2D eigenvalue weighted by atomic mass is 10.1. The third-order valence-electron chi connectivity index (χ3n) is 2.25. The highest BCUT2D eigenvalue weighted by Crippen LogP contribution is 2.18. The van der Waals surface area contributed by atoms with Crippen molar-refractivity contribution in [2.24, 2.45) is 0 Å². The molecule has 2 rings (SSSR count). The average molecular weight is 217 g/mol. The first kappa shape index (κ1) is 10.4. The number of carbonyl (C=O) groups excluding carboxylic acids is 1. The molecule has 4 nitrogen and oxygen atoms in total. The number of rotatable bonds is 4. The Bertz CT molecular complexity index is 477. The summed E-state index contributed by atoms with van der Waals surface area (Å²) in [6.45, 7) is 0. The summed E-state index contributed by atoms with van der Waals surface area (Å²) in [6.07, 6.45) is 6.52. The van der Waals surface area contributed by atoms with E-state index >= 15 is 0 Å². The van der Waals surface area contributed by atoms with Crippen LogP contribution in [0, 0.1) is 0 Å². The Morgan fingerprint density at radius 3 is 3.06 bits per heavy atom. The number of hydrogen-bond donors (Lipinski definition) is 0. The van der Waals surface area contributed by atoms with Gasteiger partial charge in [0.15, 0.2) is 5.78 Å². The molecule has 0 spiro atoms. The van der Waals surface area contributed by atoms with Crippen molar-refractivity contribution >= 4 is 5.78 Å². The molecule has 0 fully saturated rings. The number of Topliss-reactive ketones (excluding diaryl/α,β-unsaturated/α-hetero) is 1. The summed E-state index contributed by atoms with van der Waals surface area (Å²) in [5, 5.41) is 0. The Labute approximate surface area is 92.9 Å². The van der Waals surface area contributed by atoms with Crippen LogP contribution in [-0.4, -0.2) is 17.9 Å². The van der Waals surface area contributed by atoms with Crippen molar-refractivity contribution < 1.29 is 13.9 Å². The van der Waals surface area contributed by atoms with Gasteiger partial charge in [0, 0.05) is 12.6 Å². The molecule has 0 saturated heterocycles. The summed E-state index contributed by atoms with van der Waals surface area (Å²) < 4.78 is 9.99. The summed E-state index contributed by atoms with van der Waals surface area (Å²) in [6, 6.07) is 3.42. The molecular formula is C12H11NO3. The molecular weight excluding hydrogens is 206 g/mol. The molecule has 0 bridgehead atoms. The minimum Gasteiger partial charge on any atom is -0.494 e. The van der Waals surface area contributed by atoms with Gasteiger partial charge in [-0.1, -0.05) is 0 Å². The second-order valence-corrected chi connectivity index (χ2v) is 3.31. The lowest BCUT2D eigenvalue weighted by Crippen LogP contribution is -2.05. The summed E-state index contributed by atoms with van der Waals surface area (Å²) >= 11 is 0. The summed E-state index contributed by atoms with van der Waals surface area (Å²) in [5.41, 5.74) is 1.39. The number of pyridine rings is 1. The van der Waals surface area contributed by atoms with E-state index in [2.05, 4.69) is 4.98 Å². The zero-order chi connectivity index (χ0) is 11.4. The molecule has 0 radical (unpaired) electrons. The molecule has 0 unspecified atom stereocenters. The summed E-state index contributed by atoms with van der Waals surface area (Å²) in [4.78, 5) is 15.8. The zero-order valence-corrected chi connectivity index (χ0v) is 8.84. The summed E-state index contributed by atoms with van der Waals surface area (Å²) in [5.74, 6) is 0.483. The predicted molar refractivity (Wildman–Crippen MR) is 57.5 cm³/mol. The Morgan fingerprint density at radius 1 is 1.50 bits per heavy atom. The van der Waals surface area contributed by atoms with Gasteiger partial charge in [-0.05, 0) is 17.7 Å². The lowest BCUT2D eigenvalue weighted by molar-refractivity contribution is 0.0989. The number of ketones is 1. The van der Waals surface area contributed by atoms with Crippen molar-refractivity contribution in [3.8, 4) is 5.75 Å². The molecule has 0 atom stereocenters. The van der Waals surface area contributed by atoms with Gasteiger partial charge in [0.05, 0.1) is 31.4 Å².